The van der Waals surface area contributed by atoms with Crippen molar-refractivity contribution in [2.24, 2.45) is 11.8 Å². The molecule has 0 saturated heterocycles. The van der Waals surface area contributed by atoms with Crippen LogP contribution < -0.4 is 5.32 Å². The standard InChI is InChI=1S/C13H20N2O3S/c1-9(2)5-10(13(17)18)6-14-12(16)4-3-11-7-19-8-15-11/h7-10H,3-6H2,1-2H3,(H,14,16)(H,17,18). The SMILES string of the molecule is CC(C)CC(CNC(=O)CCc1cscn1)C(=O)O. The lowest BCUT2D eigenvalue weighted by Gasteiger charge is -2.15. The summed E-state index contributed by atoms with van der Waals surface area (Å²) in [6.07, 6.45) is 1.51. The summed E-state index contributed by atoms with van der Waals surface area (Å²) in [6.45, 7) is 4.14. The lowest BCUT2D eigenvalue weighted by molar-refractivity contribution is -0.142. The number of carbonyl (C=O) groups excluding carboxylic acids is 1. The summed E-state index contributed by atoms with van der Waals surface area (Å²) >= 11 is 1.50. The van der Waals surface area contributed by atoms with Crippen LogP contribution in [0.2, 0.25) is 0 Å². The van der Waals surface area contributed by atoms with Gasteiger partial charge in [0.2, 0.25) is 5.91 Å². The predicted octanol–water partition coefficient (Wildman–Crippen LogP) is 1.94. The molecule has 0 saturated carbocycles. The Morgan fingerprint density at radius 1 is 1.47 bits per heavy atom. The van der Waals surface area contributed by atoms with Crippen molar-refractivity contribution in [3.05, 3.63) is 16.6 Å². The molecule has 1 amide bonds. The second kappa shape index (κ2) is 7.89. The van der Waals surface area contributed by atoms with E-state index in [0.29, 0.717) is 25.2 Å². The van der Waals surface area contributed by atoms with Crippen LogP contribution in [-0.2, 0) is 16.0 Å². The molecular formula is C13H20N2O3S. The molecule has 1 aromatic rings. The minimum atomic E-state index is -0.853. The maximum absolute atomic E-state index is 11.6. The zero-order valence-corrected chi connectivity index (χ0v) is 12.1. The zero-order valence-electron chi connectivity index (χ0n) is 11.3. The quantitative estimate of drug-likeness (QED) is 0.764. The molecule has 6 heteroatoms. The average Bonchev–Trinajstić information content (AvgIpc) is 2.84. The molecule has 0 aliphatic carbocycles. The third kappa shape index (κ3) is 6.33. The van der Waals surface area contributed by atoms with Gasteiger partial charge >= 0.3 is 5.97 Å². The van der Waals surface area contributed by atoms with Crippen LogP contribution in [0.15, 0.2) is 10.9 Å². The lowest BCUT2D eigenvalue weighted by Crippen LogP contribution is -2.33. The highest BCUT2D eigenvalue weighted by atomic mass is 32.1. The smallest absolute Gasteiger partial charge is 0.308 e. The third-order valence-corrected chi connectivity index (χ3v) is 3.38. The Morgan fingerprint density at radius 2 is 2.21 bits per heavy atom. The van der Waals surface area contributed by atoms with Crippen molar-refractivity contribution in [1.82, 2.24) is 10.3 Å². The van der Waals surface area contributed by atoms with Crippen molar-refractivity contribution in [2.75, 3.05) is 6.54 Å². The van der Waals surface area contributed by atoms with Crippen molar-refractivity contribution < 1.29 is 14.7 Å². The monoisotopic (exact) mass is 284 g/mol. The summed E-state index contributed by atoms with van der Waals surface area (Å²) in [5, 5.41) is 13.7. The molecule has 106 valence electrons. The molecule has 0 aromatic carbocycles. The normalized spacial score (nSPS) is 12.4. The molecule has 0 fully saturated rings. The third-order valence-electron chi connectivity index (χ3n) is 2.74. The van der Waals surface area contributed by atoms with Crippen molar-refractivity contribution in [3.63, 3.8) is 0 Å². The predicted molar refractivity (Wildman–Crippen MR) is 74.0 cm³/mol. The number of aromatic nitrogens is 1. The number of aliphatic carboxylic acids is 1. The van der Waals surface area contributed by atoms with Gasteiger partial charge in [-0.25, -0.2) is 4.98 Å². The van der Waals surface area contributed by atoms with Gasteiger partial charge in [-0.2, -0.15) is 0 Å². The van der Waals surface area contributed by atoms with Crippen LogP contribution in [0.25, 0.3) is 0 Å². The first kappa shape index (κ1) is 15.6. The van der Waals surface area contributed by atoms with Crippen molar-refractivity contribution in [3.8, 4) is 0 Å². The van der Waals surface area contributed by atoms with Gasteiger partial charge in [0, 0.05) is 18.3 Å². The molecule has 0 radical (unpaired) electrons. The molecule has 5 nitrogen and oxygen atoms in total. The van der Waals surface area contributed by atoms with Gasteiger partial charge in [-0.05, 0) is 18.8 Å². The molecule has 0 bridgehead atoms. The summed E-state index contributed by atoms with van der Waals surface area (Å²) in [4.78, 5) is 26.8. The number of thiazole rings is 1. The fourth-order valence-corrected chi connectivity index (χ4v) is 2.36. The van der Waals surface area contributed by atoms with Crippen molar-refractivity contribution in [1.29, 1.82) is 0 Å². The number of nitrogens with one attached hydrogen (secondary N) is 1. The number of carboxylic acid groups (broad SMARTS) is 1. The topological polar surface area (TPSA) is 79.3 Å². The summed E-state index contributed by atoms with van der Waals surface area (Å²) in [7, 11) is 0. The number of hydrogen-bond acceptors (Lipinski definition) is 4. The van der Waals surface area contributed by atoms with Crippen LogP contribution in [0.4, 0.5) is 0 Å². The van der Waals surface area contributed by atoms with E-state index in [4.69, 9.17) is 5.11 Å². The maximum atomic E-state index is 11.6. The van der Waals surface area contributed by atoms with Gasteiger partial charge in [0.15, 0.2) is 0 Å². The minimum absolute atomic E-state index is 0.122. The summed E-state index contributed by atoms with van der Waals surface area (Å²) in [5.41, 5.74) is 2.63. The highest BCUT2D eigenvalue weighted by Crippen LogP contribution is 2.11. The van der Waals surface area contributed by atoms with Crippen LogP contribution in [-0.4, -0.2) is 28.5 Å². The van der Waals surface area contributed by atoms with Crippen LogP contribution in [0.5, 0.6) is 0 Å². The van der Waals surface area contributed by atoms with Crippen molar-refractivity contribution >= 4 is 23.2 Å². The molecule has 1 unspecified atom stereocenters. The van der Waals surface area contributed by atoms with E-state index >= 15 is 0 Å². The Bertz CT molecular complexity index is 404. The van der Waals surface area contributed by atoms with Crippen LogP contribution in [0.3, 0.4) is 0 Å². The van der Waals surface area contributed by atoms with E-state index in [1.807, 2.05) is 19.2 Å². The van der Waals surface area contributed by atoms with Crippen LogP contribution in [0.1, 0.15) is 32.4 Å². The number of hydrogen-bond donors (Lipinski definition) is 2. The molecule has 0 aliphatic heterocycles. The Labute approximate surface area is 117 Å². The van der Waals surface area contributed by atoms with E-state index < -0.39 is 11.9 Å². The average molecular weight is 284 g/mol. The van der Waals surface area contributed by atoms with E-state index in [0.717, 1.165) is 5.69 Å². The summed E-state index contributed by atoms with van der Waals surface area (Å²) in [6, 6.07) is 0. The molecule has 1 rings (SSSR count). The number of aryl methyl sites for hydroxylation is 1. The van der Waals surface area contributed by atoms with E-state index in [2.05, 4.69) is 10.3 Å². The highest BCUT2D eigenvalue weighted by Gasteiger charge is 2.19. The van der Waals surface area contributed by atoms with Crippen molar-refractivity contribution in [2.45, 2.75) is 33.1 Å². The number of carbonyl (C=O) groups is 2. The van der Waals surface area contributed by atoms with Gasteiger partial charge in [-0.1, -0.05) is 13.8 Å². The van der Waals surface area contributed by atoms with Gasteiger partial charge < -0.3 is 10.4 Å². The maximum Gasteiger partial charge on any atom is 0.308 e. The Morgan fingerprint density at radius 3 is 2.74 bits per heavy atom. The van der Waals surface area contributed by atoms with E-state index in [9.17, 15) is 9.59 Å². The Hall–Kier alpha value is -1.43. The van der Waals surface area contributed by atoms with E-state index in [1.54, 1.807) is 5.51 Å². The number of amides is 1. The number of nitrogens with zero attached hydrogens (tertiary/aromatic N) is 1. The van der Waals surface area contributed by atoms with Gasteiger partial charge in [-0.15, -0.1) is 11.3 Å². The largest absolute Gasteiger partial charge is 0.481 e. The molecule has 2 N–H and O–H groups in total. The highest BCUT2D eigenvalue weighted by molar-refractivity contribution is 7.07. The fraction of sp³-hybridized carbons (Fsp3) is 0.615. The molecular weight excluding hydrogens is 264 g/mol. The number of carboxylic acids is 1. The van der Waals surface area contributed by atoms with E-state index in [-0.39, 0.29) is 12.5 Å². The molecule has 0 spiro atoms. The summed E-state index contributed by atoms with van der Waals surface area (Å²) < 4.78 is 0. The first-order chi connectivity index (χ1) is 8.99. The van der Waals surface area contributed by atoms with Gasteiger partial charge in [0.1, 0.15) is 0 Å². The molecule has 1 atom stereocenters. The fourth-order valence-electron chi connectivity index (χ4n) is 1.77. The second-order valence-corrected chi connectivity index (χ2v) is 5.67. The second-order valence-electron chi connectivity index (χ2n) is 4.95. The molecule has 1 aromatic heterocycles. The Balaban J connectivity index is 2.29. The zero-order chi connectivity index (χ0) is 14.3. The minimum Gasteiger partial charge on any atom is -0.481 e. The summed E-state index contributed by atoms with van der Waals surface area (Å²) in [5.74, 6) is -1.19. The lowest BCUT2D eigenvalue weighted by atomic mass is 9.97. The van der Waals surface area contributed by atoms with Gasteiger partial charge in [0.25, 0.3) is 0 Å². The van der Waals surface area contributed by atoms with Crippen LogP contribution >= 0.6 is 11.3 Å². The Kier molecular flexibility index (Phi) is 6.49. The molecule has 0 aliphatic rings. The molecule has 1 heterocycles. The van der Waals surface area contributed by atoms with Gasteiger partial charge in [-0.3, -0.25) is 9.59 Å². The van der Waals surface area contributed by atoms with E-state index in [1.165, 1.54) is 11.3 Å². The first-order valence-corrected chi connectivity index (χ1v) is 7.30. The van der Waals surface area contributed by atoms with Crippen LogP contribution in [0, 0.1) is 11.8 Å². The van der Waals surface area contributed by atoms with Gasteiger partial charge in [0.05, 0.1) is 17.1 Å². The first-order valence-electron chi connectivity index (χ1n) is 6.35. The molecule has 19 heavy (non-hydrogen) atoms. The number of rotatable bonds is 8.